The smallest absolute Gasteiger partial charge is 0.347 e. The zero-order valence-electron chi connectivity index (χ0n) is 13.0. The third-order valence-electron chi connectivity index (χ3n) is 5.63. The van der Waals surface area contributed by atoms with Gasteiger partial charge in [0, 0.05) is 6.42 Å². The van der Waals surface area contributed by atoms with Crippen LogP contribution in [0.4, 0.5) is 13.2 Å². The largest absolute Gasteiger partial charge is 0.405 e. The molecule has 4 aliphatic carbocycles. The first-order valence-electron chi connectivity index (χ1n) is 8.33. The maximum absolute atomic E-state index is 12.1. The molecule has 4 bridgehead atoms. The molecule has 4 saturated carbocycles. The Balaban J connectivity index is 1.44. The molecule has 2 N–H and O–H groups in total. The average Bonchev–Trinajstić information content (AvgIpc) is 2.40. The maximum Gasteiger partial charge on any atom is 0.405 e. The molecule has 0 aliphatic heterocycles. The van der Waals surface area contributed by atoms with Crippen LogP contribution in [0.3, 0.4) is 0 Å². The number of carbonyl (C=O) groups excluding carboxylic acids is 2. The standard InChI is InChI=1S/C16H23F3N2O2/c17-16(18,19)9-21-14(23)8-20-13(22)7-15-4-10-1-11(5-15)3-12(2-10)6-15/h10-12H,1-9H2,(H,20,22)(H,21,23). The van der Waals surface area contributed by atoms with E-state index in [2.05, 4.69) is 5.32 Å². The molecule has 2 amide bonds. The zero-order valence-corrected chi connectivity index (χ0v) is 13.0. The van der Waals surface area contributed by atoms with Gasteiger partial charge in [-0.3, -0.25) is 9.59 Å². The molecule has 0 spiro atoms. The van der Waals surface area contributed by atoms with Gasteiger partial charge in [0.1, 0.15) is 6.54 Å². The molecule has 0 heterocycles. The number of rotatable bonds is 5. The highest BCUT2D eigenvalue weighted by Crippen LogP contribution is 2.61. The van der Waals surface area contributed by atoms with E-state index in [9.17, 15) is 22.8 Å². The van der Waals surface area contributed by atoms with Gasteiger partial charge in [-0.05, 0) is 61.7 Å². The second kappa shape index (κ2) is 5.98. The van der Waals surface area contributed by atoms with Crippen molar-refractivity contribution in [2.75, 3.05) is 13.1 Å². The summed E-state index contributed by atoms with van der Waals surface area (Å²) >= 11 is 0. The fourth-order valence-electron chi connectivity index (χ4n) is 5.35. The Morgan fingerprint density at radius 3 is 1.91 bits per heavy atom. The molecule has 4 nitrogen and oxygen atoms in total. The Morgan fingerprint density at radius 2 is 1.43 bits per heavy atom. The van der Waals surface area contributed by atoms with Crippen LogP contribution in [0.25, 0.3) is 0 Å². The van der Waals surface area contributed by atoms with Crippen molar-refractivity contribution in [1.29, 1.82) is 0 Å². The fourth-order valence-corrected chi connectivity index (χ4v) is 5.35. The van der Waals surface area contributed by atoms with Crippen molar-refractivity contribution < 1.29 is 22.8 Å². The summed E-state index contributed by atoms with van der Waals surface area (Å²) in [6, 6.07) is 0. The minimum atomic E-state index is -4.43. The number of halogens is 3. The van der Waals surface area contributed by atoms with Crippen LogP contribution in [0.1, 0.15) is 44.9 Å². The third kappa shape index (κ3) is 4.18. The summed E-state index contributed by atoms with van der Waals surface area (Å²) in [5.74, 6) is 1.20. The van der Waals surface area contributed by atoms with Gasteiger partial charge in [0.25, 0.3) is 0 Å². The van der Waals surface area contributed by atoms with Crippen LogP contribution < -0.4 is 10.6 Å². The van der Waals surface area contributed by atoms with Crippen molar-refractivity contribution in [2.24, 2.45) is 23.2 Å². The van der Waals surface area contributed by atoms with Crippen LogP contribution >= 0.6 is 0 Å². The fraction of sp³-hybridized carbons (Fsp3) is 0.875. The molecule has 4 rings (SSSR count). The second-order valence-electron chi connectivity index (χ2n) is 7.76. The van der Waals surface area contributed by atoms with Crippen LogP contribution in [-0.4, -0.2) is 31.1 Å². The Hall–Kier alpha value is -1.27. The van der Waals surface area contributed by atoms with Gasteiger partial charge < -0.3 is 10.6 Å². The van der Waals surface area contributed by atoms with Crippen molar-refractivity contribution in [3.8, 4) is 0 Å². The molecule has 4 aliphatic rings. The summed E-state index contributed by atoms with van der Waals surface area (Å²) in [6.07, 6.45) is 3.12. The average molecular weight is 332 g/mol. The van der Waals surface area contributed by atoms with Crippen molar-refractivity contribution in [3.05, 3.63) is 0 Å². The molecule has 0 unspecified atom stereocenters. The number of hydrogen-bond donors (Lipinski definition) is 2. The lowest BCUT2D eigenvalue weighted by Gasteiger charge is -2.56. The Morgan fingerprint density at radius 1 is 0.913 bits per heavy atom. The van der Waals surface area contributed by atoms with Crippen LogP contribution in [0.2, 0.25) is 0 Å². The van der Waals surface area contributed by atoms with Crippen molar-refractivity contribution in [3.63, 3.8) is 0 Å². The predicted molar refractivity (Wildman–Crippen MR) is 77.3 cm³/mol. The normalized spacial score (nSPS) is 35.2. The summed E-state index contributed by atoms with van der Waals surface area (Å²) in [5, 5.41) is 4.23. The molecule has 0 aromatic heterocycles. The first-order chi connectivity index (χ1) is 10.7. The van der Waals surface area contributed by atoms with E-state index in [-0.39, 0.29) is 17.9 Å². The Labute approximate surface area is 133 Å². The number of nitrogens with one attached hydrogen (secondary N) is 2. The molecule has 23 heavy (non-hydrogen) atoms. The van der Waals surface area contributed by atoms with Gasteiger partial charge in [-0.2, -0.15) is 13.2 Å². The molecule has 4 fully saturated rings. The maximum atomic E-state index is 12.1. The summed E-state index contributed by atoms with van der Waals surface area (Å²) in [4.78, 5) is 23.5. The van der Waals surface area contributed by atoms with Crippen molar-refractivity contribution >= 4 is 11.8 Å². The molecule has 0 aromatic carbocycles. The van der Waals surface area contributed by atoms with Crippen LogP contribution in [0, 0.1) is 23.2 Å². The van der Waals surface area contributed by atoms with Crippen LogP contribution in [0.5, 0.6) is 0 Å². The molecule has 0 saturated heterocycles. The molecule has 0 aromatic rings. The molecule has 7 heteroatoms. The minimum Gasteiger partial charge on any atom is -0.347 e. The lowest BCUT2D eigenvalue weighted by molar-refractivity contribution is -0.139. The first-order valence-corrected chi connectivity index (χ1v) is 8.33. The lowest BCUT2D eigenvalue weighted by Crippen LogP contribution is -2.48. The highest BCUT2D eigenvalue weighted by Gasteiger charge is 2.51. The van der Waals surface area contributed by atoms with Crippen LogP contribution in [-0.2, 0) is 9.59 Å². The number of amides is 2. The number of alkyl halides is 3. The van der Waals surface area contributed by atoms with E-state index in [4.69, 9.17) is 0 Å². The molecular weight excluding hydrogens is 309 g/mol. The first kappa shape index (κ1) is 16.6. The molecule has 130 valence electrons. The summed E-state index contributed by atoms with van der Waals surface area (Å²) in [7, 11) is 0. The van der Waals surface area contributed by atoms with Gasteiger partial charge in [0.2, 0.25) is 11.8 Å². The van der Waals surface area contributed by atoms with Gasteiger partial charge in [0.15, 0.2) is 0 Å². The number of hydrogen-bond acceptors (Lipinski definition) is 2. The lowest BCUT2D eigenvalue weighted by atomic mass is 9.49. The van der Waals surface area contributed by atoms with E-state index in [1.54, 1.807) is 5.32 Å². The highest BCUT2D eigenvalue weighted by atomic mass is 19.4. The molecular formula is C16H23F3N2O2. The third-order valence-corrected chi connectivity index (χ3v) is 5.63. The SMILES string of the molecule is O=C(CNC(=O)CC12CC3CC(CC(C3)C1)C2)NCC(F)(F)F. The second-order valence-corrected chi connectivity index (χ2v) is 7.76. The summed E-state index contributed by atoms with van der Waals surface area (Å²) < 4.78 is 36.0. The van der Waals surface area contributed by atoms with E-state index in [1.165, 1.54) is 19.3 Å². The van der Waals surface area contributed by atoms with Crippen molar-refractivity contribution in [2.45, 2.75) is 51.1 Å². The van der Waals surface area contributed by atoms with Gasteiger partial charge in [-0.25, -0.2) is 0 Å². The monoisotopic (exact) mass is 332 g/mol. The summed E-state index contributed by atoms with van der Waals surface area (Å²) in [6.45, 7) is -1.75. The Bertz CT molecular complexity index is 455. The topological polar surface area (TPSA) is 58.2 Å². The van der Waals surface area contributed by atoms with E-state index < -0.39 is 18.6 Å². The van der Waals surface area contributed by atoms with E-state index in [0.29, 0.717) is 6.42 Å². The van der Waals surface area contributed by atoms with Gasteiger partial charge >= 0.3 is 6.18 Å². The van der Waals surface area contributed by atoms with Gasteiger partial charge in [-0.1, -0.05) is 0 Å². The predicted octanol–water partition coefficient (Wildman–Crippen LogP) is 2.39. The Kier molecular flexibility index (Phi) is 4.31. The zero-order chi connectivity index (χ0) is 16.7. The van der Waals surface area contributed by atoms with E-state index in [0.717, 1.165) is 37.0 Å². The van der Waals surface area contributed by atoms with Gasteiger partial charge in [-0.15, -0.1) is 0 Å². The summed E-state index contributed by atoms with van der Waals surface area (Å²) in [5.41, 5.74) is 0.0707. The highest BCUT2D eigenvalue weighted by molar-refractivity contribution is 5.84. The van der Waals surface area contributed by atoms with Crippen LogP contribution in [0.15, 0.2) is 0 Å². The minimum absolute atomic E-state index is 0.0707. The van der Waals surface area contributed by atoms with Gasteiger partial charge in [0.05, 0.1) is 6.54 Å². The quantitative estimate of drug-likeness (QED) is 0.812. The van der Waals surface area contributed by atoms with Crippen molar-refractivity contribution in [1.82, 2.24) is 10.6 Å². The molecule has 0 atom stereocenters. The molecule has 0 radical (unpaired) electrons. The van der Waals surface area contributed by atoms with E-state index in [1.807, 2.05) is 0 Å². The van der Waals surface area contributed by atoms with E-state index >= 15 is 0 Å². The number of carbonyl (C=O) groups is 2.